The van der Waals surface area contributed by atoms with Crippen molar-refractivity contribution in [1.82, 2.24) is 9.88 Å². The van der Waals surface area contributed by atoms with Gasteiger partial charge in [-0.05, 0) is 19.9 Å². The molecule has 0 fully saturated rings. The Labute approximate surface area is 134 Å². The third-order valence-corrected chi connectivity index (χ3v) is 3.08. The molecular formula is C16H20N2O5. The first-order valence-corrected chi connectivity index (χ1v) is 7.18. The van der Waals surface area contributed by atoms with Gasteiger partial charge >= 0.3 is 11.9 Å². The van der Waals surface area contributed by atoms with Crippen LogP contribution in [0.25, 0.3) is 0 Å². The van der Waals surface area contributed by atoms with Crippen molar-refractivity contribution in [2.45, 2.75) is 20.0 Å². The van der Waals surface area contributed by atoms with Gasteiger partial charge in [-0.25, -0.2) is 9.59 Å². The van der Waals surface area contributed by atoms with Crippen LogP contribution in [0.2, 0.25) is 0 Å². The lowest BCUT2D eigenvalue weighted by molar-refractivity contribution is -0.157. The minimum absolute atomic E-state index is 0.345. The fraction of sp³-hybridized carbons (Fsp3) is 0.375. The van der Waals surface area contributed by atoms with Crippen molar-refractivity contribution in [3.63, 3.8) is 0 Å². The Kier molecular flexibility index (Phi) is 7.45. The van der Waals surface area contributed by atoms with Crippen molar-refractivity contribution >= 4 is 17.8 Å². The molecule has 0 saturated heterocycles. The Bertz CT molecular complexity index is 567. The fourth-order valence-corrected chi connectivity index (χ4v) is 1.85. The zero-order chi connectivity index (χ0) is 17.2. The van der Waals surface area contributed by atoms with Gasteiger partial charge in [-0.3, -0.25) is 9.78 Å². The summed E-state index contributed by atoms with van der Waals surface area (Å²) in [7, 11) is 1.19. The Hall–Kier alpha value is -2.70. The molecule has 0 spiro atoms. The molecule has 1 aromatic rings. The van der Waals surface area contributed by atoms with Crippen LogP contribution in [0.15, 0.2) is 36.7 Å². The fourth-order valence-electron chi connectivity index (χ4n) is 1.85. The van der Waals surface area contributed by atoms with Gasteiger partial charge in [0.2, 0.25) is 6.10 Å². The Balaban J connectivity index is 2.97. The maximum Gasteiger partial charge on any atom is 0.332 e. The zero-order valence-electron chi connectivity index (χ0n) is 13.4. The third kappa shape index (κ3) is 5.54. The van der Waals surface area contributed by atoms with E-state index in [0.717, 1.165) is 12.2 Å². The van der Waals surface area contributed by atoms with Crippen LogP contribution in [-0.4, -0.2) is 47.9 Å². The largest absolute Gasteiger partial charge is 0.466 e. The molecule has 1 amide bonds. The van der Waals surface area contributed by atoms with Gasteiger partial charge < -0.3 is 14.4 Å². The van der Waals surface area contributed by atoms with E-state index in [-0.39, 0.29) is 5.91 Å². The van der Waals surface area contributed by atoms with Crippen molar-refractivity contribution < 1.29 is 23.9 Å². The second kappa shape index (κ2) is 9.34. The molecule has 0 aliphatic carbocycles. The number of esters is 2. The highest BCUT2D eigenvalue weighted by atomic mass is 16.5. The summed E-state index contributed by atoms with van der Waals surface area (Å²) >= 11 is 0. The van der Waals surface area contributed by atoms with Crippen molar-refractivity contribution in [3.05, 3.63) is 42.2 Å². The van der Waals surface area contributed by atoms with Crippen LogP contribution in [0.1, 0.15) is 25.5 Å². The molecule has 124 valence electrons. The number of ether oxygens (including phenoxy) is 2. The molecule has 1 heterocycles. The van der Waals surface area contributed by atoms with Gasteiger partial charge in [-0.1, -0.05) is 6.07 Å². The van der Waals surface area contributed by atoms with Gasteiger partial charge in [0.25, 0.3) is 5.91 Å². The predicted octanol–water partition coefficient (Wildman–Crippen LogP) is 1.26. The molecular weight excluding hydrogens is 300 g/mol. The molecule has 0 N–H and O–H groups in total. The monoisotopic (exact) mass is 320 g/mol. The van der Waals surface area contributed by atoms with E-state index in [0.29, 0.717) is 18.7 Å². The van der Waals surface area contributed by atoms with E-state index in [9.17, 15) is 14.4 Å². The number of rotatable bonds is 7. The molecule has 23 heavy (non-hydrogen) atoms. The summed E-state index contributed by atoms with van der Waals surface area (Å²) in [4.78, 5) is 40.9. The first-order valence-electron chi connectivity index (χ1n) is 7.18. The van der Waals surface area contributed by atoms with E-state index in [1.807, 2.05) is 13.8 Å². The lowest BCUT2D eigenvalue weighted by Crippen LogP contribution is -2.36. The highest BCUT2D eigenvalue weighted by molar-refractivity contribution is 5.93. The Morgan fingerprint density at radius 3 is 2.39 bits per heavy atom. The number of carbonyl (C=O) groups excluding carboxylic acids is 3. The van der Waals surface area contributed by atoms with Gasteiger partial charge in [0.05, 0.1) is 7.11 Å². The SMILES string of the molecule is CCN(CC)C(=O)C(OC(=O)/C=C/C(=O)OC)c1cccnc1. The van der Waals surface area contributed by atoms with Crippen LogP contribution >= 0.6 is 0 Å². The summed E-state index contributed by atoms with van der Waals surface area (Å²) in [6, 6.07) is 3.30. The molecule has 0 aromatic carbocycles. The van der Waals surface area contributed by atoms with Gasteiger partial charge in [-0.2, -0.15) is 0 Å². The quantitative estimate of drug-likeness (QED) is 0.555. The number of methoxy groups -OCH3 is 1. The summed E-state index contributed by atoms with van der Waals surface area (Å²) in [6.07, 6.45) is 3.76. The van der Waals surface area contributed by atoms with E-state index in [2.05, 4.69) is 9.72 Å². The summed E-state index contributed by atoms with van der Waals surface area (Å²) in [6.45, 7) is 4.64. The normalized spacial score (nSPS) is 11.8. The van der Waals surface area contributed by atoms with Crippen LogP contribution in [0, 0.1) is 0 Å². The van der Waals surface area contributed by atoms with Crippen LogP contribution in [0.5, 0.6) is 0 Å². The van der Waals surface area contributed by atoms with Crippen LogP contribution in [-0.2, 0) is 23.9 Å². The Morgan fingerprint density at radius 1 is 1.22 bits per heavy atom. The number of carbonyl (C=O) groups is 3. The Morgan fingerprint density at radius 2 is 1.87 bits per heavy atom. The molecule has 0 saturated carbocycles. The third-order valence-electron chi connectivity index (χ3n) is 3.08. The smallest absolute Gasteiger partial charge is 0.332 e. The van der Waals surface area contributed by atoms with E-state index in [1.54, 1.807) is 23.2 Å². The standard InChI is InChI=1S/C16H20N2O5/c1-4-18(5-2)16(21)15(12-7-6-10-17-11-12)23-14(20)9-8-13(19)22-3/h6-11,15H,4-5H2,1-3H3/b9-8+. The number of amides is 1. The van der Waals surface area contributed by atoms with Crippen molar-refractivity contribution in [3.8, 4) is 0 Å². The number of nitrogens with zero attached hydrogens (tertiary/aromatic N) is 2. The summed E-state index contributed by atoms with van der Waals surface area (Å²) in [5.41, 5.74) is 0.462. The molecule has 1 rings (SSSR count). The average Bonchev–Trinajstić information content (AvgIpc) is 2.59. The minimum atomic E-state index is -1.11. The second-order valence-corrected chi connectivity index (χ2v) is 4.47. The van der Waals surface area contributed by atoms with Gasteiger partial charge in [-0.15, -0.1) is 0 Å². The maximum atomic E-state index is 12.5. The molecule has 7 nitrogen and oxygen atoms in total. The van der Waals surface area contributed by atoms with E-state index in [4.69, 9.17) is 4.74 Å². The predicted molar refractivity (Wildman–Crippen MR) is 82.2 cm³/mol. The number of pyridine rings is 1. The van der Waals surface area contributed by atoms with Gasteiger partial charge in [0, 0.05) is 43.2 Å². The van der Waals surface area contributed by atoms with Crippen LogP contribution in [0.3, 0.4) is 0 Å². The molecule has 1 unspecified atom stereocenters. The van der Waals surface area contributed by atoms with E-state index >= 15 is 0 Å². The van der Waals surface area contributed by atoms with Crippen LogP contribution in [0.4, 0.5) is 0 Å². The topological polar surface area (TPSA) is 85.8 Å². The maximum absolute atomic E-state index is 12.5. The highest BCUT2D eigenvalue weighted by Gasteiger charge is 2.28. The molecule has 1 atom stereocenters. The summed E-state index contributed by atoms with van der Waals surface area (Å²) < 4.78 is 9.61. The number of hydrogen-bond acceptors (Lipinski definition) is 6. The number of likely N-dealkylation sites (N-methyl/N-ethyl adjacent to an activating group) is 1. The van der Waals surface area contributed by atoms with Gasteiger partial charge in [0.15, 0.2) is 0 Å². The first-order chi connectivity index (χ1) is 11.0. The molecule has 0 aliphatic rings. The molecule has 0 bridgehead atoms. The molecule has 0 aliphatic heterocycles. The second-order valence-electron chi connectivity index (χ2n) is 4.47. The van der Waals surface area contributed by atoms with Crippen molar-refractivity contribution in [2.75, 3.05) is 20.2 Å². The van der Waals surface area contributed by atoms with Crippen LogP contribution < -0.4 is 0 Å². The lowest BCUT2D eigenvalue weighted by atomic mass is 10.1. The van der Waals surface area contributed by atoms with Gasteiger partial charge in [0.1, 0.15) is 0 Å². The number of hydrogen-bond donors (Lipinski definition) is 0. The average molecular weight is 320 g/mol. The minimum Gasteiger partial charge on any atom is -0.466 e. The van der Waals surface area contributed by atoms with E-state index in [1.165, 1.54) is 13.3 Å². The molecule has 1 aromatic heterocycles. The lowest BCUT2D eigenvalue weighted by Gasteiger charge is -2.24. The summed E-state index contributed by atoms with van der Waals surface area (Å²) in [5.74, 6) is -1.84. The molecule has 0 radical (unpaired) electrons. The van der Waals surface area contributed by atoms with Crippen molar-refractivity contribution in [2.24, 2.45) is 0 Å². The summed E-state index contributed by atoms with van der Waals surface area (Å²) in [5, 5.41) is 0. The first kappa shape index (κ1) is 18.3. The highest BCUT2D eigenvalue weighted by Crippen LogP contribution is 2.20. The molecule has 7 heteroatoms. The zero-order valence-corrected chi connectivity index (χ0v) is 13.4. The van der Waals surface area contributed by atoms with Crippen molar-refractivity contribution in [1.29, 1.82) is 0 Å². The number of aromatic nitrogens is 1. The van der Waals surface area contributed by atoms with E-state index < -0.39 is 18.0 Å².